The van der Waals surface area contributed by atoms with E-state index in [2.05, 4.69) is 26.1 Å². The van der Waals surface area contributed by atoms with Gasteiger partial charge >= 0.3 is 0 Å². The lowest BCUT2D eigenvalue weighted by Gasteiger charge is -2.29. The van der Waals surface area contributed by atoms with Crippen molar-refractivity contribution in [3.05, 3.63) is 0 Å². The number of hydrogen-bond donors (Lipinski definition) is 1. The molecule has 0 amide bonds. The van der Waals surface area contributed by atoms with Gasteiger partial charge in [0, 0.05) is 19.2 Å². The molecule has 2 nitrogen and oxygen atoms in total. The molecule has 2 heteroatoms. The van der Waals surface area contributed by atoms with Gasteiger partial charge in [0.25, 0.3) is 0 Å². The van der Waals surface area contributed by atoms with Gasteiger partial charge in [-0.2, -0.15) is 0 Å². The molecule has 19 heavy (non-hydrogen) atoms. The fourth-order valence-electron chi connectivity index (χ4n) is 3.24. The van der Waals surface area contributed by atoms with Crippen LogP contribution >= 0.6 is 0 Å². The summed E-state index contributed by atoms with van der Waals surface area (Å²) in [4.78, 5) is 0. The number of nitrogens with one attached hydrogen (secondary N) is 1. The van der Waals surface area contributed by atoms with Gasteiger partial charge in [0.05, 0.1) is 6.61 Å². The molecule has 0 aliphatic heterocycles. The Morgan fingerprint density at radius 2 is 1.79 bits per heavy atom. The van der Waals surface area contributed by atoms with E-state index < -0.39 is 0 Å². The minimum Gasteiger partial charge on any atom is -0.380 e. The second kappa shape index (κ2) is 7.08. The molecule has 2 atom stereocenters. The zero-order valence-corrected chi connectivity index (χ0v) is 13.2. The van der Waals surface area contributed by atoms with Crippen LogP contribution in [0.4, 0.5) is 0 Å². The van der Waals surface area contributed by atoms with Crippen molar-refractivity contribution in [3.63, 3.8) is 0 Å². The number of rotatable bonds is 6. The molecule has 0 saturated heterocycles. The van der Waals surface area contributed by atoms with Gasteiger partial charge in [0.15, 0.2) is 0 Å². The molecule has 112 valence electrons. The van der Waals surface area contributed by atoms with Crippen LogP contribution in [0, 0.1) is 17.3 Å². The van der Waals surface area contributed by atoms with Crippen LogP contribution in [0.1, 0.15) is 65.7 Å². The average Bonchev–Trinajstić information content (AvgIpc) is 3.13. The van der Waals surface area contributed by atoms with Gasteiger partial charge in [-0.05, 0) is 55.8 Å². The quantitative estimate of drug-likeness (QED) is 0.580. The van der Waals surface area contributed by atoms with Crippen LogP contribution in [-0.4, -0.2) is 25.8 Å². The number of hydrogen-bond acceptors (Lipinski definition) is 2. The van der Waals surface area contributed by atoms with E-state index in [-0.39, 0.29) is 0 Å². The van der Waals surface area contributed by atoms with Crippen LogP contribution < -0.4 is 5.32 Å². The van der Waals surface area contributed by atoms with Crippen LogP contribution in [0.3, 0.4) is 0 Å². The Hall–Kier alpha value is -0.0800. The van der Waals surface area contributed by atoms with E-state index >= 15 is 0 Å². The molecule has 1 N–H and O–H groups in total. The molecule has 0 radical (unpaired) electrons. The molecule has 0 bridgehead atoms. The van der Waals surface area contributed by atoms with Gasteiger partial charge in [-0.3, -0.25) is 0 Å². The van der Waals surface area contributed by atoms with Gasteiger partial charge in [-0.15, -0.1) is 0 Å². The predicted octanol–water partition coefficient (Wildman–Crippen LogP) is 4.00. The maximum Gasteiger partial charge on any atom is 0.0591 e. The van der Waals surface area contributed by atoms with Gasteiger partial charge in [0.1, 0.15) is 0 Å². The Labute approximate surface area is 119 Å². The van der Waals surface area contributed by atoms with E-state index in [4.69, 9.17) is 4.74 Å². The highest BCUT2D eigenvalue weighted by Gasteiger charge is 2.27. The monoisotopic (exact) mass is 267 g/mol. The summed E-state index contributed by atoms with van der Waals surface area (Å²) >= 11 is 0. The third kappa shape index (κ3) is 5.83. The van der Waals surface area contributed by atoms with Crippen molar-refractivity contribution in [1.29, 1.82) is 0 Å². The van der Waals surface area contributed by atoms with Gasteiger partial charge in [-0.1, -0.05) is 27.2 Å². The second-order valence-corrected chi connectivity index (χ2v) is 7.74. The SMILES string of the molecule is CC(C)(C)C1CCCC(NCCOCC2CC2)CC1. The number of ether oxygens (including phenoxy) is 1. The van der Waals surface area contributed by atoms with E-state index in [1.165, 1.54) is 44.9 Å². The maximum absolute atomic E-state index is 5.69. The van der Waals surface area contributed by atoms with E-state index in [1.807, 2.05) is 0 Å². The molecule has 2 unspecified atom stereocenters. The zero-order chi connectivity index (χ0) is 13.7. The Morgan fingerprint density at radius 3 is 2.47 bits per heavy atom. The summed E-state index contributed by atoms with van der Waals surface area (Å²) in [6.07, 6.45) is 9.70. The van der Waals surface area contributed by atoms with Crippen LogP contribution in [0.15, 0.2) is 0 Å². The van der Waals surface area contributed by atoms with Crippen LogP contribution in [0.25, 0.3) is 0 Å². The summed E-state index contributed by atoms with van der Waals surface area (Å²) in [5.74, 6) is 1.80. The Balaban J connectivity index is 1.56. The summed E-state index contributed by atoms with van der Waals surface area (Å²) in [5, 5.41) is 3.70. The van der Waals surface area contributed by atoms with Crippen molar-refractivity contribution in [2.45, 2.75) is 71.8 Å². The van der Waals surface area contributed by atoms with E-state index in [9.17, 15) is 0 Å². The maximum atomic E-state index is 5.69. The molecule has 2 aliphatic carbocycles. The predicted molar refractivity (Wildman–Crippen MR) is 81.4 cm³/mol. The fourth-order valence-corrected chi connectivity index (χ4v) is 3.24. The first kappa shape index (κ1) is 15.3. The van der Waals surface area contributed by atoms with Crippen LogP contribution in [-0.2, 0) is 4.74 Å². The second-order valence-electron chi connectivity index (χ2n) is 7.74. The Morgan fingerprint density at radius 1 is 1.00 bits per heavy atom. The van der Waals surface area contributed by atoms with Gasteiger partial charge in [0.2, 0.25) is 0 Å². The average molecular weight is 267 g/mol. The minimum absolute atomic E-state index is 0.488. The van der Waals surface area contributed by atoms with Crippen molar-refractivity contribution in [2.75, 3.05) is 19.8 Å². The van der Waals surface area contributed by atoms with Crippen LogP contribution in [0.5, 0.6) is 0 Å². The van der Waals surface area contributed by atoms with Gasteiger partial charge in [-0.25, -0.2) is 0 Å². The van der Waals surface area contributed by atoms with Crippen molar-refractivity contribution in [2.24, 2.45) is 17.3 Å². The highest BCUT2D eigenvalue weighted by molar-refractivity contribution is 4.81. The topological polar surface area (TPSA) is 21.3 Å². The Bertz CT molecular complexity index is 254. The third-order valence-electron chi connectivity index (χ3n) is 4.92. The van der Waals surface area contributed by atoms with Crippen molar-refractivity contribution in [3.8, 4) is 0 Å². The van der Waals surface area contributed by atoms with E-state index in [0.29, 0.717) is 5.41 Å². The molecule has 0 heterocycles. The van der Waals surface area contributed by atoms with Crippen molar-refractivity contribution >= 4 is 0 Å². The fraction of sp³-hybridized carbons (Fsp3) is 1.00. The summed E-state index contributed by atoms with van der Waals surface area (Å²) in [5.41, 5.74) is 0.488. The largest absolute Gasteiger partial charge is 0.380 e. The molecule has 2 aliphatic rings. The lowest BCUT2D eigenvalue weighted by molar-refractivity contribution is 0.123. The highest BCUT2D eigenvalue weighted by Crippen LogP contribution is 2.36. The summed E-state index contributed by atoms with van der Waals surface area (Å²) in [6.45, 7) is 10.1. The first-order valence-electron chi connectivity index (χ1n) is 8.37. The normalized spacial score (nSPS) is 29.2. The zero-order valence-electron chi connectivity index (χ0n) is 13.2. The van der Waals surface area contributed by atoms with E-state index in [0.717, 1.165) is 37.6 Å². The minimum atomic E-state index is 0.488. The molecule has 2 rings (SSSR count). The Kier molecular flexibility index (Phi) is 5.70. The lowest BCUT2D eigenvalue weighted by atomic mass is 9.76. The summed E-state index contributed by atoms with van der Waals surface area (Å²) < 4.78 is 5.69. The van der Waals surface area contributed by atoms with Crippen LogP contribution in [0.2, 0.25) is 0 Å². The molecule has 2 saturated carbocycles. The molecule has 0 aromatic rings. The summed E-state index contributed by atoms with van der Waals surface area (Å²) in [6, 6.07) is 0.733. The molecule has 0 aromatic carbocycles. The van der Waals surface area contributed by atoms with E-state index in [1.54, 1.807) is 0 Å². The molecular weight excluding hydrogens is 234 g/mol. The lowest BCUT2D eigenvalue weighted by Crippen LogP contribution is -2.32. The van der Waals surface area contributed by atoms with Crippen molar-refractivity contribution in [1.82, 2.24) is 5.32 Å². The standard InChI is InChI=1S/C17H33NO/c1-17(2,3)15-5-4-6-16(10-9-15)18-11-12-19-13-14-7-8-14/h14-16,18H,4-13H2,1-3H3. The van der Waals surface area contributed by atoms with Crippen molar-refractivity contribution < 1.29 is 4.74 Å². The highest BCUT2D eigenvalue weighted by atomic mass is 16.5. The first-order valence-corrected chi connectivity index (χ1v) is 8.37. The molecule has 2 fully saturated rings. The molecule has 0 spiro atoms. The molecular formula is C17H33NO. The first-order chi connectivity index (χ1) is 9.05. The summed E-state index contributed by atoms with van der Waals surface area (Å²) in [7, 11) is 0. The third-order valence-corrected chi connectivity index (χ3v) is 4.92. The van der Waals surface area contributed by atoms with Gasteiger partial charge < -0.3 is 10.1 Å². The smallest absolute Gasteiger partial charge is 0.0591 e. The molecule has 0 aromatic heterocycles.